The molecule has 1 aromatic rings. The molecule has 0 aromatic heterocycles. The molecule has 3 nitrogen and oxygen atoms in total. The van der Waals surface area contributed by atoms with Crippen LogP contribution in [-0.4, -0.2) is 25.7 Å². The third-order valence-corrected chi connectivity index (χ3v) is 3.12. The van der Waals surface area contributed by atoms with Crippen LogP contribution in [0.25, 0.3) is 0 Å². The summed E-state index contributed by atoms with van der Waals surface area (Å²) in [5.74, 6) is 0.969. The number of benzene rings is 1. The maximum atomic E-state index is 5.93. The molecule has 1 aromatic carbocycles. The summed E-state index contributed by atoms with van der Waals surface area (Å²) in [5.41, 5.74) is 6.75. The van der Waals surface area contributed by atoms with E-state index in [0.29, 0.717) is 12.6 Å². The smallest absolute Gasteiger partial charge is 0.143 e. The molecule has 0 saturated heterocycles. The van der Waals surface area contributed by atoms with Crippen LogP contribution in [0.1, 0.15) is 13.3 Å². The number of likely N-dealkylation sites (N-methyl/N-ethyl adjacent to an activating group) is 1. The van der Waals surface area contributed by atoms with Crippen LogP contribution in [0.3, 0.4) is 0 Å². The number of para-hydroxylation sites is 2. The van der Waals surface area contributed by atoms with Gasteiger partial charge in [0.15, 0.2) is 0 Å². The predicted molar refractivity (Wildman–Crippen MR) is 62.4 cm³/mol. The highest BCUT2D eigenvalue weighted by Gasteiger charge is 2.29. The van der Waals surface area contributed by atoms with E-state index in [2.05, 4.69) is 24.9 Å². The van der Waals surface area contributed by atoms with Crippen LogP contribution in [-0.2, 0) is 0 Å². The van der Waals surface area contributed by atoms with Crippen LogP contribution in [0.4, 0.5) is 5.69 Å². The fourth-order valence-corrected chi connectivity index (χ4v) is 2.04. The van der Waals surface area contributed by atoms with E-state index in [1.807, 2.05) is 18.2 Å². The molecular formula is C12H18N2O. The average molecular weight is 206 g/mol. The average Bonchev–Trinajstić information content (AvgIpc) is 2.26. The van der Waals surface area contributed by atoms with E-state index in [0.717, 1.165) is 12.2 Å². The van der Waals surface area contributed by atoms with Crippen molar-refractivity contribution in [2.24, 2.45) is 5.73 Å². The Kier molecular flexibility index (Phi) is 2.82. The van der Waals surface area contributed by atoms with Gasteiger partial charge in [-0.05, 0) is 32.0 Å². The highest BCUT2D eigenvalue weighted by molar-refractivity contribution is 5.60. The Bertz CT molecular complexity index is 340. The van der Waals surface area contributed by atoms with Gasteiger partial charge in [-0.2, -0.15) is 0 Å². The highest BCUT2D eigenvalue weighted by Crippen LogP contribution is 2.35. The lowest BCUT2D eigenvalue weighted by Crippen LogP contribution is -2.46. The van der Waals surface area contributed by atoms with Crippen LogP contribution in [0.15, 0.2) is 24.3 Å². The summed E-state index contributed by atoms with van der Waals surface area (Å²) in [4.78, 5) is 2.26. The second-order valence-corrected chi connectivity index (χ2v) is 4.05. The quantitative estimate of drug-likeness (QED) is 0.799. The molecule has 0 aliphatic carbocycles. The molecule has 1 aliphatic rings. The van der Waals surface area contributed by atoms with Gasteiger partial charge < -0.3 is 15.4 Å². The van der Waals surface area contributed by atoms with E-state index in [4.69, 9.17) is 10.5 Å². The van der Waals surface area contributed by atoms with Crippen molar-refractivity contribution in [3.05, 3.63) is 24.3 Å². The van der Waals surface area contributed by atoms with Crippen molar-refractivity contribution in [2.75, 3.05) is 18.5 Å². The first-order valence-corrected chi connectivity index (χ1v) is 5.42. The molecule has 0 bridgehead atoms. The normalized spacial score (nSPS) is 24.6. The zero-order chi connectivity index (χ0) is 10.8. The Balaban J connectivity index is 2.28. The first-order valence-electron chi connectivity index (χ1n) is 5.42. The standard InChI is InChI=1S/C12H18N2O/c1-9-11(7-8-13)15-12-6-4-3-5-10(12)14(9)2/h3-6,9,11H,7-8,13H2,1-2H3. The number of ether oxygens (including phenoxy) is 1. The molecule has 0 radical (unpaired) electrons. The van der Waals surface area contributed by atoms with Gasteiger partial charge in [-0.3, -0.25) is 0 Å². The molecule has 0 spiro atoms. The summed E-state index contributed by atoms with van der Waals surface area (Å²) >= 11 is 0. The maximum Gasteiger partial charge on any atom is 0.143 e. The van der Waals surface area contributed by atoms with Crippen molar-refractivity contribution in [3.8, 4) is 5.75 Å². The van der Waals surface area contributed by atoms with Crippen LogP contribution < -0.4 is 15.4 Å². The van der Waals surface area contributed by atoms with Gasteiger partial charge in [0.2, 0.25) is 0 Å². The van der Waals surface area contributed by atoms with Crippen LogP contribution in [0.2, 0.25) is 0 Å². The minimum Gasteiger partial charge on any atom is -0.486 e. The van der Waals surface area contributed by atoms with Gasteiger partial charge >= 0.3 is 0 Å². The van der Waals surface area contributed by atoms with Crippen molar-refractivity contribution in [3.63, 3.8) is 0 Å². The minimum atomic E-state index is 0.204. The van der Waals surface area contributed by atoms with Crippen LogP contribution >= 0.6 is 0 Å². The molecule has 0 saturated carbocycles. The van der Waals surface area contributed by atoms with Gasteiger partial charge in [-0.1, -0.05) is 12.1 Å². The third kappa shape index (κ3) is 1.79. The molecule has 1 aliphatic heterocycles. The van der Waals surface area contributed by atoms with E-state index in [1.165, 1.54) is 5.69 Å². The largest absolute Gasteiger partial charge is 0.486 e. The Morgan fingerprint density at radius 3 is 2.87 bits per heavy atom. The van der Waals surface area contributed by atoms with E-state index in [9.17, 15) is 0 Å². The molecule has 2 N–H and O–H groups in total. The van der Waals surface area contributed by atoms with Crippen molar-refractivity contribution in [1.29, 1.82) is 0 Å². The molecule has 2 atom stereocenters. The Morgan fingerprint density at radius 1 is 1.40 bits per heavy atom. The first-order chi connectivity index (χ1) is 7.24. The fraction of sp³-hybridized carbons (Fsp3) is 0.500. The molecule has 0 fully saturated rings. The van der Waals surface area contributed by atoms with E-state index >= 15 is 0 Å². The van der Waals surface area contributed by atoms with Gasteiger partial charge in [0, 0.05) is 7.05 Å². The lowest BCUT2D eigenvalue weighted by Gasteiger charge is -2.39. The summed E-state index contributed by atoms with van der Waals surface area (Å²) in [6, 6.07) is 8.52. The zero-order valence-corrected chi connectivity index (χ0v) is 9.31. The summed E-state index contributed by atoms with van der Waals surface area (Å²) in [5, 5.41) is 0. The lowest BCUT2D eigenvalue weighted by atomic mass is 10.0. The number of fused-ring (bicyclic) bond motifs is 1. The maximum absolute atomic E-state index is 5.93. The molecule has 2 rings (SSSR count). The van der Waals surface area contributed by atoms with Gasteiger partial charge in [0.05, 0.1) is 11.7 Å². The SMILES string of the molecule is CC1C(CCN)Oc2ccccc2N1C. The number of nitrogens with two attached hydrogens (primary N) is 1. The van der Waals surface area contributed by atoms with Crippen molar-refractivity contribution in [2.45, 2.75) is 25.5 Å². The molecular weight excluding hydrogens is 188 g/mol. The second kappa shape index (κ2) is 4.11. The van der Waals surface area contributed by atoms with Crippen LogP contribution in [0, 0.1) is 0 Å². The number of hydrogen-bond donors (Lipinski definition) is 1. The zero-order valence-electron chi connectivity index (χ0n) is 9.31. The summed E-state index contributed by atoms with van der Waals surface area (Å²) in [7, 11) is 2.11. The van der Waals surface area contributed by atoms with Gasteiger partial charge in [-0.25, -0.2) is 0 Å². The molecule has 2 unspecified atom stereocenters. The third-order valence-electron chi connectivity index (χ3n) is 3.12. The van der Waals surface area contributed by atoms with Crippen molar-refractivity contribution >= 4 is 5.69 Å². The molecule has 1 heterocycles. The monoisotopic (exact) mass is 206 g/mol. The van der Waals surface area contributed by atoms with Gasteiger partial charge in [-0.15, -0.1) is 0 Å². The molecule has 3 heteroatoms. The highest BCUT2D eigenvalue weighted by atomic mass is 16.5. The second-order valence-electron chi connectivity index (χ2n) is 4.05. The Labute approximate surface area is 90.8 Å². The van der Waals surface area contributed by atoms with Gasteiger partial charge in [0.1, 0.15) is 11.9 Å². The van der Waals surface area contributed by atoms with Gasteiger partial charge in [0.25, 0.3) is 0 Å². The topological polar surface area (TPSA) is 38.5 Å². The first kappa shape index (κ1) is 10.3. The summed E-state index contributed by atoms with van der Waals surface area (Å²) in [6.45, 7) is 2.85. The predicted octanol–water partition coefficient (Wildman–Crippen LogP) is 1.62. The number of anilines is 1. The van der Waals surface area contributed by atoms with E-state index in [1.54, 1.807) is 0 Å². The number of nitrogens with zero attached hydrogens (tertiary/aromatic N) is 1. The molecule has 82 valence electrons. The summed E-state index contributed by atoms with van der Waals surface area (Å²) in [6.07, 6.45) is 1.11. The number of rotatable bonds is 2. The van der Waals surface area contributed by atoms with Crippen LogP contribution in [0.5, 0.6) is 5.75 Å². The fourth-order valence-electron chi connectivity index (χ4n) is 2.04. The van der Waals surface area contributed by atoms with Crippen molar-refractivity contribution in [1.82, 2.24) is 0 Å². The van der Waals surface area contributed by atoms with E-state index in [-0.39, 0.29) is 6.10 Å². The Morgan fingerprint density at radius 2 is 2.13 bits per heavy atom. The van der Waals surface area contributed by atoms with E-state index < -0.39 is 0 Å². The Hall–Kier alpha value is -1.22. The summed E-state index contributed by atoms with van der Waals surface area (Å²) < 4.78 is 5.93. The minimum absolute atomic E-state index is 0.204. The molecule has 0 amide bonds. The lowest BCUT2D eigenvalue weighted by molar-refractivity contribution is 0.154. The number of hydrogen-bond acceptors (Lipinski definition) is 3. The molecule has 15 heavy (non-hydrogen) atoms. The van der Waals surface area contributed by atoms with Crippen molar-refractivity contribution < 1.29 is 4.74 Å².